The van der Waals surface area contributed by atoms with Gasteiger partial charge >= 0.3 is 0 Å². The lowest BCUT2D eigenvalue weighted by atomic mass is 10.1. The number of thiazole rings is 1. The summed E-state index contributed by atoms with van der Waals surface area (Å²) in [6, 6.07) is 9.95. The molecule has 0 bridgehead atoms. The number of allylic oxidation sites excluding steroid dienone is 1. The van der Waals surface area contributed by atoms with Gasteiger partial charge in [-0.2, -0.15) is 0 Å². The van der Waals surface area contributed by atoms with Crippen LogP contribution in [0.3, 0.4) is 0 Å². The largest absolute Gasteiger partial charge is 0.289 e. The zero-order valence-corrected chi connectivity index (χ0v) is 18.5. The molecule has 0 aliphatic rings. The molecule has 1 heterocycles. The second kappa shape index (κ2) is 8.80. The van der Waals surface area contributed by atoms with Gasteiger partial charge in [0.15, 0.2) is 10.9 Å². The molecule has 0 N–H and O–H groups in total. The van der Waals surface area contributed by atoms with Crippen LogP contribution in [0.2, 0.25) is 0 Å². The van der Waals surface area contributed by atoms with Gasteiger partial charge in [-0.3, -0.25) is 14.5 Å². The molecule has 0 unspecified atom stereocenters. The molecule has 0 atom stereocenters. The van der Waals surface area contributed by atoms with Gasteiger partial charge in [0.2, 0.25) is 5.91 Å². The number of carbonyl (C=O) groups is 2. The normalized spacial score (nSPS) is 11.1. The minimum atomic E-state index is -0.425. The van der Waals surface area contributed by atoms with Crippen molar-refractivity contribution in [3.8, 4) is 0 Å². The molecule has 0 saturated carbocycles. The van der Waals surface area contributed by atoms with E-state index in [9.17, 15) is 14.0 Å². The van der Waals surface area contributed by atoms with E-state index in [1.165, 1.54) is 42.5 Å². The van der Waals surface area contributed by atoms with E-state index in [1.54, 1.807) is 16.4 Å². The maximum Gasteiger partial charge on any atom is 0.230 e. The molecule has 0 radical (unpaired) electrons. The third kappa shape index (κ3) is 4.68. The summed E-state index contributed by atoms with van der Waals surface area (Å²) in [4.78, 5) is 30.8. The van der Waals surface area contributed by atoms with Crippen molar-refractivity contribution < 1.29 is 14.0 Å². The number of benzene rings is 2. The molecule has 1 amide bonds. The average Bonchev–Trinajstić information content (AvgIpc) is 3.13. The van der Waals surface area contributed by atoms with E-state index in [2.05, 4.69) is 20.9 Å². The van der Waals surface area contributed by atoms with Crippen LogP contribution >= 0.6 is 27.3 Å². The minimum absolute atomic E-state index is 0.139. The molecular weight excluding hydrogens is 455 g/mol. The summed E-state index contributed by atoms with van der Waals surface area (Å²) in [5.74, 6) is -0.830. The highest BCUT2D eigenvalue weighted by Gasteiger charge is 2.21. The van der Waals surface area contributed by atoms with Crippen molar-refractivity contribution >= 4 is 55.9 Å². The minimum Gasteiger partial charge on any atom is -0.289 e. The zero-order chi connectivity index (χ0) is 21.1. The highest BCUT2D eigenvalue weighted by molar-refractivity contribution is 9.10. The Balaban J connectivity index is 1.87. The third-order valence-corrected chi connectivity index (χ3v) is 5.74. The first-order valence-corrected chi connectivity index (χ1v) is 10.4. The van der Waals surface area contributed by atoms with Gasteiger partial charge in [-0.05, 0) is 71.3 Å². The lowest BCUT2D eigenvalue weighted by Crippen LogP contribution is -2.24. The van der Waals surface area contributed by atoms with E-state index in [0.717, 1.165) is 16.8 Å². The van der Waals surface area contributed by atoms with E-state index >= 15 is 0 Å². The van der Waals surface area contributed by atoms with Crippen molar-refractivity contribution in [1.29, 1.82) is 0 Å². The molecule has 148 valence electrons. The van der Waals surface area contributed by atoms with E-state index < -0.39 is 5.82 Å². The predicted molar refractivity (Wildman–Crippen MR) is 118 cm³/mol. The van der Waals surface area contributed by atoms with Crippen molar-refractivity contribution in [2.24, 2.45) is 0 Å². The summed E-state index contributed by atoms with van der Waals surface area (Å²) in [5.41, 5.74) is 3.70. The molecule has 0 aliphatic heterocycles. The lowest BCUT2D eigenvalue weighted by Gasteiger charge is -2.22. The van der Waals surface area contributed by atoms with Crippen molar-refractivity contribution in [3.63, 3.8) is 0 Å². The second-order valence-electron chi connectivity index (χ2n) is 6.48. The van der Waals surface area contributed by atoms with E-state index in [-0.39, 0.29) is 16.2 Å². The molecule has 7 heteroatoms. The maximum absolute atomic E-state index is 13.3. The quantitative estimate of drug-likeness (QED) is 0.326. The number of aryl methyl sites for hydroxylation is 2. The van der Waals surface area contributed by atoms with Crippen molar-refractivity contribution in [3.05, 3.63) is 80.5 Å². The zero-order valence-electron chi connectivity index (χ0n) is 16.1. The smallest absolute Gasteiger partial charge is 0.230 e. The molecule has 0 aliphatic carbocycles. The summed E-state index contributed by atoms with van der Waals surface area (Å²) < 4.78 is 13.6. The summed E-state index contributed by atoms with van der Waals surface area (Å²) in [7, 11) is 0. The van der Waals surface area contributed by atoms with Crippen LogP contribution in [0.25, 0.3) is 6.08 Å². The van der Waals surface area contributed by atoms with Gasteiger partial charge in [0.05, 0.1) is 15.9 Å². The Bertz CT molecular complexity index is 1100. The fourth-order valence-corrected chi connectivity index (χ4v) is 4.13. The Morgan fingerprint density at radius 3 is 2.48 bits per heavy atom. The fraction of sp³-hybridized carbons (Fsp3) is 0.136. The first kappa shape index (κ1) is 21.1. The van der Waals surface area contributed by atoms with Crippen LogP contribution in [-0.4, -0.2) is 16.7 Å². The molecule has 3 aromatic rings. The molecule has 3 rings (SSSR count). The van der Waals surface area contributed by atoms with Gasteiger partial charge < -0.3 is 0 Å². The van der Waals surface area contributed by atoms with Crippen LogP contribution in [-0.2, 0) is 4.79 Å². The number of nitrogens with zero attached hydrogens (tertiary/aromatic N) is 2. The first-order valence-electron chi connectivity index (χ1n) is 8.78. The highest BCUT2D eigenvalue weighted by Crippen LogP contribution is 2.34. The summed E-state index contributed by atoms with van der Waals surface area (Å²) >= 11 is 4.40. The SMILES string of the molecule is CC(=O)N(c1nc(C=CC(=O)c2ccc(F)c(Br)c2)cs1)c1c(C)cccc1C. The van der Waals surface area contributed by atoms with Crippen molar-refractivity contribution in [1.82, 2.24) is 4.98 Å². The molecule has 4 nitrogen and oxygen atoms in total. The van der Waals surface area contributed by atoms with Gasteiger partial charge in [0, 0.05) is 17.9 Å². The molecular formula is C22H18BrFN2O2S. The fourth-order valence-electron chi connectivity index (χ4n) is 2.91. The lowest BCUT2D eigenvalue weighted by molar-refractivity contribution is -0.115. The molecule has 2 aromatic carbocycles. The number of hydrogen-bond donors (Lipinski definition) is 0. The molecule has 0 fully saturated rings. The predicted octanol–water partition coefficient (Wildman–Crippen LogP) is 6.24. The maximum atomic E-state index is 13.3. The van der Waals surface area contributed by atoms with Gasteiger partial charge in [-0.15, -0.1) is 11.3 Å². The van der Waals surface area contributed by atoms with Gasteiger partial charge in [0.1, 0.15) is 5.82 Å². The summed E-state index contributed by atoms with van der Waals surface area (Å²) in [5, 5.41) is 2.31. The van der Waals surface area contributed by atoms with E-state index in [0.29, 0.717) is 16.4 Å². The molecule has 1 aromatic heterocycles. The molecule has 0 saturated heterocycles. The Labute approximate surface area is 180 Å². The number of para-hydroxylation sites is 1. The van der Waals surface area contributed by atoms with Crippen LogP contribution in [0.4, 0.5) is 15.2 Å². The number of amides is 1. The van der Waals surface area contributed by atoms with Crippen molar-refractivity contribution in [2.45, 2.75) is 20.8 Å². The Morgan fingerprint density at radius 1 is 1.17 bits per heavy atom. The Hall–Kier alpha value is -2.64. The van der Waals surface area contributed by atoms with Gasteiger partial charge in [0.25, 0.3) is 0 Å². The number of halogens is 2. The Morgan fingerprint density at radius 2 is 1.86 bits per heavy atom. The summed E-state index contributed by atoms with van der Waals surface area (Å²) in [6.45, 7) is 5.40. The number of rotatable bonds is 5. The number of aromatic nitrogens is 1. The van der Waals surface area contributed by atoms with Crippen molar-refractivity contribution in [2.75, 3.05) is 4.90 Å². The monoisotopic (exact) mass is 472 g/mol. The van der Waals surface area contributed by atoms with Gasteiger partial charge in [-0.1, -0.05) is 18.2 Å². The number of anilines is 2. The van der Waals surface area contributed by atoms with E-state index in [4.69, 9.17) is 0 Å². The third-order valence-electron chi connectivity index (χ3n) is 4.29. The second-order valence-corrected chi connectivity index (χ2v) is 8.17. The van der Waals surface area contributed by atoms with Crippen LogP contribution in [0, 0.1) is 19.7 Å². The van der Waals surface area contributed by atoms with Gasteiger partial charge in [-0.25, -0.2) is 9.37 Å². The number of hydrogen-bond acceptors (Lipinski definition) is 4. The van der Waals surface area contributed by atoms with Crippen LogP contribution in [0.5, 0.6) is 0 Å². The number of ketones is 1. The Kier molecular flexibility index (Phi) is 6.39. The molecule has 29 heavy (non-hydrogen) atoms. The standard InChI is InChI=1S/C22H18BrFN2O2S/c1-13-5-4-6-14(2)21(13)26(15(3)27)22-25-17(12-29-22)8-10-20(28)16-7-9-19(24)18(23)11-16/h4-12H,1-3H3. The van der Waals surface area contributed by atoms with Crippen LogP contribution in [0.15, 0.2) is 52.3 Å². The van der Waals surface area contributed by atoms with Crippen LogP contribution in [0.1, 0.15) is 34.1 Å². The first-order chi connectivity index (χ1) is 13.8. The average molecular weight is 473 g/mol. The van der Waals surface area contributed by atoms with Crippen LogP contribution < -0.4 is 4.90 Å². The highest BCUT2D eigenvalue weighted by atomic mass is 79.9. The topological polar surface area (TPSA) is 50.3 Å². The molecule has 0 spiro atoms. The summed E-state index contributed by atoms with van der Waals surface area (Å²) in [6.07, 6.45) is 2.97. The van der Waals surface area contributed by atoms with E-state index in [1.807, 2.05) is 32.0 Å². The number of carbonyl (C=O) groups excluding carboxylic acids is 2.